The Hall–Kier alpha value is -1.40. The van der Waals surface area contributed by atoms with Gasteiger partial charge in [0, 0.05) is 18.4 Å². The van der Waals surface area contributed by atoms with Crippen LogP contribution in [0.2, 0.25) is 0 Å². The average molecular weight is 271 g/mol. The van der Waals surface area contributed by atoms with E-state index in [2.05, 4.69) is 5.32 Å². The lowest BCUT2D eigenvalue weighted by Crippen LogP contribution is -2.26. The van der Waals surface area contributed by atoms with Gasteiger partial charge in [-0.05, 0) is 37.6 Å². The second kappa shape index (κ2) is 5.97. The van der Waals surface area contributed by atoms with Gasteiger partial charge in [-0.1, -0.05) is 0 Å². The topological polar surface area (TPSA) is 83.5 Å². The monoisotopic (exact) mass is 271 g/mol. The fourth-order valence-corrected chi connectivity index (χ4v) is 1.98. The SMILES string of the molecule is CC(O)CCNC(=O)c1ccc(S(C)(=O)=O)cc1. The Balaban J connectivity index is 2.65. The highest BCUT2D eigenvalue weighted by Crippen LogP contribution is 2.10. The van der Waals surface area contributed by atoms with E-state index in [4.69, 9.17) is 5.11 Å². The van der Waals surface area contributed by atoms with Crippen LogP contribution in [0.3, 0.4) is 0 Å². The number of nitrogens with one attached hydrogen (secondary N) is 1. The van der Waals surface area contributed by atoms with Gasteiger partial charge in [0.25, 0.3) is 5.91 Å². The molecule has 0 saturated carbocycles. The normalized spacial score (nSPS) is 13.1. The molecular weight excluding hydrogens is 254 g/mol. The third kappa shape index (κ3) is 4.46. The molecule has 1 amide bonds. The van der Waals surface area contributed by atoms with Crippen LogP contribution in [0, 0.1) is 0 Å². The summed E-state index contributed by atoms with van der Waals surface area (Å²) >= 11 is 0. The molecule has 100 valence electrons. The van der Waals surface area contributed by atoms with Crippen LogP contribution in [0.4, 0.5) is 0 Å². The van der Waals surface area contributed by atoms with Crippen molar-refractivity contribution in [3.63, 3.8) is 0 Å². The maximum Gasteiger partial charge on any atom is 0.251 e. The highest BCUT2D eigenvalue weighted by molar-refractivity contribution is 7.90. The summed E-state index contributed by atoms with van der Waals surface area (Å²) in [6.45, 7) is 2.03. The Bertz CT molecular complexity index is 505. The molecule has 6 heteroatoms. The first-order chi connectivity index (χ1) is 8.30. The zero-order valence-corrected chi connectivity index (χ0v) is 11.2. The fourth-order valence-electron chi connectivity index (χ4n) is 1.35. The highest BCUT2D eigenvalue weighted by Gasteiger charge is 2.09. The number of benzene rings is 1. The third-order valence-corrected chi connectivity index (χ3v) is 3.52. The molecule has 0 aliphatic carbocycles. The van der Waals surface area contributed by atoms with Crippen LogP contribution in [-0.4, -0.2) is 38.3 Å². The predicted octanol–water partition coefficient (Wildman–Crippen LogP) is 0.591. The minimum atomic E-state index is -3.24. The summed E-state index contributed by atoms with van der Waals surface area (Å²) in [5.41, 5.74) is 0.396. The van der Waals surface area contributed by atoms with E-state index < -0.39 is 15.9 Å². The van der Waals surface area contributed by atoms with Crippen LogP contribution >= 0.6 is 0 Å². The van der Waals surface area contributed by atoms with Gasteiger partial charge in [-0.25, -0.2) is 8.42 Å². The minimum absolute atomic E-state index is 0.183. The summed E-state index contributed by atoms with van der Waals surface area (Å²) in [6, 6.07) is 5.74. The molecule has 2 N–H and O–H groups in total. The lowest BCUT2D eigenvalue weighted by Gasteiger charge is -2.07. The van der Waals surface area contributed by atoms with Crippen molar-refractivity contribution in [1.29, 1.82) is 0 Å². The second-order valence-corrected chi connectivity index (χ2v) is 6.21. The van der Waals surface area contributed by atoms with Crippen molar-refractivity contribution in [3.8, 4) is 0 Å². The molecule has 1 rings (SSSR count). The molecule has 0 spiro atoms. The van der Waals surface area contributed by atoms with Gasteiger partial charge in [-0.2, -0.15) is 0 Å². The molecule has 1 atom stereocenters. The molecule has 1 aromatic rings. The lowest BCUT2D eigenvalue weighted by atomic mass is 10.2. The van der Waals surface area contributed by atoms with E-state index in [0.717, 1.165) is 6.26 Å². The maximum atomic E-state index is 11.6. The lowest BCUT2D eigenvalue weighted by molar-refractivity contribution is 0.0945. The average Bonchev–Trinajstić information content (AvgIpc) is 2.27. The number of hydrogen-bond donors (Lipinski definition) is 2. The molecule has 0 saturated heterocycles. The smallest absolute Gasteiger partial charge is 0.251 e. The van der Waals surface area contributed by atoms with Crippen LogP contribution in [0.1, 0.15) is 23.7 Å². The third-order valence-electron chi connectivity index (χ3n) is 2.39. The first-order valence-electron chi connectivity index (χ1n) is 5.57. The summed E-state index contributed by atoms with van der Waals surface area (Å²) in [6.07, 6.45) is 1.13. The Morgan fingerprint density at radius 3 is 2.33 bits per heavy atom. The zero-order valence-electron chi connectivity index (χ0n) is 10.4. The summed E-state index contributed by atoms with van der Waals surface area (Å²) < 4.78 is 22.5. The highest BCUT2D eigenvalue weighted by atomic mass is 32.2. The molecule has 0 aliphatic heterocycles. The van der Waals surface area contributed by atoms with E-state index in [1.54, 1.807) is 6.92 Å². The molecule has 0 heterocycles. The van der Waals surface area contributed by atoms with Gasteiger partial charge in [0.05, 0.1) is 11.0 Å². The van der Waals surface area contributed by atoms with Gasteiger partial charge in [0.2, 0.25) is 0 Å². The number of sulfone groups is 1. The van der Waals surface area contributed by atoms with E-state index >= 15 is 0 Å². The Morgan fingerprint density at radius 1 is 1.33 bits per heavy atom. The van der Waals surface area contributed by atoms with Crippen LogP contribution in [0.25, 0.3) is 0 Å². The van der Waals surface area contributed by atoms with Gasteiger partial charge in [0.1, 0.15) is 0 Å². The molecule has 5 nitrogen and oxygen atoms in total. The molecule has 0 bridgehead atoms. The first kappa shape index (κ1) is 14.7. The van der Waals surface area contributed by atoms with Crippen LogP contribution in [0.15, 0.2) is 29.2 Å². The Labute approximate surface area is 107 Å². The summed E-state index contributed by atoms with van der Waals surface area (Å²) in [5, 5.41) is 11.7. The number of rotatable bonds is 5. The van der Waals surface area contributed by atoms with Gasteiger partial charge in [-0.3, -0.25) is 4.79 Å². The maximum absolute atomic E-state index is 11.6. The van der Waals surface area contributed by atoms with E-state index in [-0.39, 0.29) is 10.8 Å². The van der Waals surface area contributed by atoms with Crippen LogP contribution in [-0.2, 0) is 9.84 Å². The fraction of sp³-hybridized carbons (Fsp3) is 0.417. The summed E-state index contributed by atoms with van der Waals surface area (Å²) in [5.74, 6) is -0.282. The Morgan fingerprint density at radius 2 is 1.89 bits per heavy atom. The van der Waals surface area contributed by atoms with Crippen LogP contribution < -0.4 is 5.32 Å². The molecule has 0 aliphatic rings. The predicted molar refractivity (Wildman–Crippen MR) is 68.2 cm³/mol. The van der Waals surface area contributed by atoms with E-state index in [1.807, 2.05) is 0 Å². The van der Waals surface area contributed by atoms with E-state index in [0.29, 0.717) is 18.5 Å². The first-order valence-corrected chi connectivity index (χ1v) is 7.46. The van der Waals surface area contributed by atoms with Gasteiger partial charge < -0.3 is 10.4 Å². The number of hydrogen-bond acceptors (Lipinski definition) is 4. The van der Waals surface area contributed by atoms with E-state index in [1.165, 1.54) is 24.3 Å². The number of aliphatic hydroxyl groups is 1. The molecule has 1 aromatic carbocycles. The summed E-state index contributed by atoms with van der Waals surface area (Å²) in [4.78, 5) is 11.8. The van der Waals surface area contributed by atoms with Crippen molar-refractivity contribution < 1.29 is 18.3 Å². The van der Waals surface area contributed by atoms with Crippen molar-refractivity contribution in [1.82, 2.24) is 5.32 Å². The molecule has 1 unspecified atom stereocenters. The van der Waals surface area contributed by atoms with Gasteiger partial charge >= 0.3 is 0 Å². The van der Waals surface area contributed by atoms with Crippen molar-refractivity contribution in [2.75, 3.05) is 12.8 Å². The summed E-state index contributed by atoms with van der Waals surface area (Å²) in [7, 11) is -3.24. The van der Waals surface area contributed by atoms with Crippen molar-refractivity contribution >= 4 is 15.7 Å². The molecule has 0 fully saturated rings. The van der Waals surface area contributed by atoms with Gasteiger partial charge in [0.15, 0.2) is 9.84 Å². The Kier molecular flexibility index (Phi) is 4.86. The molecule has 0 radical (unpaired) electrons. The quantitative estimate of drug-likeness (QED) is 0.821. The van der Waals surface area contributed by atoms with Crippen molar-refractivity contribution in [2.24, 2.45) is 0 Å². The number of aliphatic hydroxyl groups excluding tert-OH is 1. The molecule has 18 heavy (non-hydrogen) atoms. The number of amides is 1. The van der Waals surface area contributed by atoms with Crippen molar-refractivity contribution in [3.05, 3.63) is 29.8 Å². The largest absolute Gasteiger partial charge is 0.393 e. The van der Waals surface area contributed by atoms with E-state index in [9.17, 15) is 13.2 Å². The molecule has 0 aromatic heterocycles. The number of carbonyl (C=O) groups excluding carboxylic acids is 1. The van der Waals surface area contributed by atoms with Gasteiger partial charge in [-0.15, -0.1) is 0 Å². The van der Waals surface area contributed by atoms with Crippen molar-refractivity contribution in [2.45, 2.75) is 24.3 Å². The minimum Gasteiger partial charge on any atom is -0.393 e. The number of carbonyl (C=O) groups is 1. The van der Waals surface area contributed by atoms with Crippen LogP contribution in [0.5, 0.6) is 0 Å². The second-order valence-electron chi connectivity index (χ2n) is 4.19. The standard InChI is InChI=1S/C12H17NO4S/c1-9(14)7-8-13-12(15)10-3-5-11(6-4-10)18(2,16)17/h3-6,9,14H,7-8H2,1-2H3,(H,13,15). The molecular formula is C12H17NO4S. The zero-order chi connectivity index (χ0) is 13.8.